The second-order valence-corrected chi connectivity index (χ2v) is 4.73. The van der Waals surface area contributed by atoms with Crippen LogP contribution in [0.4, 0.5) is 5.69 Å². The van der Waals surface area contributed by atoms with Gasteiger partial charge in [-0.15, -0.1) is 0 Å². The first-order valence-electron chi connectivity index (χ1n) is 6.84. The summed E-state index contributed by atoms with van der Waals surface area (Å²) in [7, 11) is 5.98. The minimum atomic E-state index is -0.420. The Morgan fingerprint density at radius 3 is 2.10 bits per heavy atom. The van der Waals surface area contributed by atoms with E-state index in [1.165, 1.54) is 14.2 Å². The lowest BCUT2D eigenvalue weighted by Crippen LogP contribution is -2.22. The van der Waals surface area contributed by atoms with Crippen LogP contribution in [-0.2, 0) is 4.74 Å². The molecule has 0 amide bonds. The number of rotatable bonds is 5. The van der Waals surface area contributed by atoms with Crippen molar-refractivity contribution in [3.8, 4) is 17.2 Å². The molecule has 21 heavy (non-hydrogen) atoms. The van der Waals surface area contributed by atoms with Crippen molar-refractivity contribution < 1.29 is 23.7 Å². The van der Waals surface area contributed by atoms with E-state index < -0.39 is 5.97 Å². The number of benzene rings is 1. The van der Waals surface area contributed by atoms with Crippen molar-refractivity contribution in [1.82, 2.24) is 0 Å². The fourth-order valence-corrected chi connectivity index (χ4v) is 2.66. The molecule has 1 aromatic rings. The number of hydrogen-bond donors (Lipinski definition) is 0. The molecule has 6 heteroatoms. The molecule has 0 unspecified atom stereocenters. The van der Waals surface area contributed by atoms with E-state index in [2.05, 4.69) is 4.90 Å². The zero-order chi connectivity index (χ0) is 15.4. The number of carbonyl (C=O) groups is 1. The first-order chi connectivity index (χ1) is 10.2. The Morgan fingerprint density at radius 2 is 1.62 bits per heavy atom. The molecule has 1 aliphatic rings. The SMILES string of the molecule is COC(=O)c1cc(OC)c(OC)c(OC)c1N1CCCC1. The summed E-state index contributed by atoms with van der Waals surface area (Å²) in [5, 5.41) is 0. The van der Waals surface area contributed by atoms with Crippen molar-refractivity contribution in [3.05, 3.63) is 11.6 Å². The molecule has 0 atom stereocenters. The second-order valence-electron chi connectivity index (χ2n) is 4.73. The van der Waals surface area contributed by atoms with E-state index in [1.54, 1.807) is 20.3 Å². The van der Waals surface area contributed by atoms with Crippen molar-refractivity contribution in [3.63, 3.8) is 0 Å². The molecule has 1 fully saturated rings. The Labute approximate surface area is 124 Å². The van der Waals surface area contributed by atoms with Gasteiger partial charge >= 0.3 is 5.97 Å². The maximum Gasteiger partial charge on any atom is 0.340 e. The Bertz CT molecular complexity index is 523. The average Bonchev–Trinajstić information content (AvgIpc) is 3.05. The molecule has 0 radical (unpaired) electrons. The molecule has 1 saturated heterocycles. The molecule has 0 aliphatic carbocycles. The van der Waals surface area contributed by atoms with E-state index in [1.807, 2.05) is 0 Å². The van der Waals surface area contributed by atoms with Gasteiger partial charge in [-0.3, -0.25) is 0 Å². The molecule has 1 heterocycles. The van der Waals surface area contributed by atoms with Gasteiger partial charge in [-0.2, -0.15) is 0 Å². The quantitative estimate of drug-likeness (QED) is 0.775. The third kappa shape index (κ3) is 2.70. The Morgan fingerprint density at radius 1 is 1.00 bits per heavy atom. The predicted octanol–water partition coefficient (Wildman–Crippen LogP) is 2.10. The van der Waals surface area contributed by atoms with Crippen molar-refractivity contribution in [1.29, 1.82) is 0 Å². The van der Waals surface area contributed by atoms with Crippen molar-refractivity contribution >= 4 is 11.7 Å². The van der Waals surface area contributed by atoms with Gasteiger partial charge in [0.15, 0.2) is 11.5 Å². The van der Waals surface area contributed by atoms with Crippen LogP contribution in [0.2, 0.25) is 0 Å². The molecule has 0 spiro atoms. The van der Waals surface area contributed by atoms with Gasteiger partial charge in [0.1, 0.15) is 0 Å². The second kappa shape index (κ2) is 6.56. The summed E-state index contributed by atoms with van der Waals surface area (Å²) in [6.45, 7) is 1.74. The largest absolute Gasteiger partial charge is 0.493 e. The first-order valence-corrected chi connectivity index (χ1v) is 6.84. The van der Waals surface area contributed by atoms with E-state index in [9.17, 15) is 4.79 Å². The Kier molecular flexibility index (Phi) is 4.77. The summed E-state index contributed by atoms with van der Waals surface area (Å²) in [4.78, 5) is 14.2. The highest BCUT2D eigenvalue weighted by Gasteiger charge is 2.29. The highest BCUT2D eigenvalue weighted by atomic mass is 16.5. The van der Waals surface area contributed by atoms with Crippen molar-refractivity contribution in [2.45, 2.75) is 12.8 Å². The summed E-state index contributed by atoms with van der Waals surface area (Å²) in [6.07, 6.45) is 2.16. The summed E-state index contributed by atoms with van der Waals surface area (Å²) in [5.41, 5.74) is 1.13. The van der Waals surface area contributed by atoms with E-state index in [0.717, 1.165) is 25.9 Å². The highest BCUT2D eigenvalue weighted by molar-refractivity contribution is 5.99. The van der Waals surface area contributed by atoms with Crippen LogP contribution in [0.1, 0.15) is 23.2 Å². The number of ether oxygens (including phenoxy) is 4. The van der Waals surface area contributed by atoms with Gasteiger partial charge in [-0.05, 0) is 12.8 Å². The van der Waals surface area contributed by atoms with Gasteiger partial charge in [0.05, 0.1) is 39.7 Å². The normalized spacial score (nSPS) is 14.0. The van der Waals surface area contributed by atoms with E-state index >= 15 is 0 Å². The summed E-state index contributed by atoms with van der Waals surface area (Å²) in [6, 6.07) is 1.64. The number of methoxy groups -OCH3 is 4. The van der Waals surface area contributed by atoms with Crippen LogP contribution in [0.5, 0.6) is 17.2 Å². The highest BCUT2D eigenvalue weighted by Crippen LogP contribution is 2.47. The molecule has 0 N–H and O–H groups in total. The molecule has 0 bridgehead atoms. The van der Waals surface area contributed by atoms with E-state index in [4.69, 9.17) is 18.9 Å². The van der Waals surface area contributed by atoms with Crippen LogP contribution in [0.25, 0.3) is 0 Å². The molecule has 1 aliphatic heterocycles. The third-order valence-electron chi connectivity index (χ3n) is 3.63. The number of carbonyl (C=O) groups excluding carboxylic acids is 1. The van der Waals surface area contributed by atoms with Crippen molar-refractivity contribution in [2.24, 2.45) is 0 Å². The number of nitrogens with zero attached hydrogens (tertiary/aromatic N) is 1. The molecule has 1 aromatic carbocycles. The maximum absolute atomic E-state index is 12.1. The lowest BCUT2D eigenvalue weighted by molar-refractivity contribution is 0.0600. The van der Waals surface area contributed by atoms with E-state index in [0.29, 0.717) is 28.5 Å². The van der Waals surface area contributed by atoms with Crippen LogP contribution in [0, 0.1) is 0 Å². The minimum Gasteiger partial charge on any atom is -0.493 e. The summed E-state index contributed by atoms with van der Waals surface area (Å²) < 4.78 is 21.1. The summed E-state index contributed by atoms with van der Waals surface area (Å²) >= 11 is 0. The fraction of sp³-hybridized carbons (Fsp3) is 0.533. The fourth-order valence-electron chi connectivity index (χ4n) is 2.66. The van der Waals surface area contributed by atoms with Gasteiger partial charge in [-0.25, -0.2) is 4.79 Å². The average molecular weight is 295 g/mol. The number of esters is 1. The molecule has 0 aromatic heterocycles. The topological polar surface area (TPSA) is 57.2 Å². The molecule has 6 nitrogen and oxygen atoms in total. The molecule has 2 rings (SSSR count). The number of hydrogen-bond acceptors (Lipinski definition) is 6. The van der Waals surface area contributed by atoms with Crippen LogP contribution < -0.4 is 19.1 Å². The van der Waals surface area contributed by atoms with Gasteiger partial charge in [-0.1, -0.05) is 0 Å². The van der Waals surface area contributed by atoms with Crippen LogP contribution >= 0.6 is 0 Å². The Hall–Kier alpha value is -2.11. The summed E-state index contributed by atoms with van der Waals surface area (Å²) in [5.74, 6) is 1.00. The maximum atomic E-state index is 12.1. The van der Waals surface area contributed by atoms with Crippen LogP contribution in [0.15, 0.2) is 6.07 Å². The van der Waals surface area contributed by atoms with Gasteiger partial charge < -0.3 is 23.8 Å². The zero-order valence-corrected chi connectivity index (χ0v) is 12.9. The third-order valence-corrected chi connectivity index (χ3v) is 3.63. The van der Waals surface area contributed by atoms with Crippen LogP contribution in [0.3, 0.4) is 0 Å². The lowest BCUT2D eigenvalue weighted by Gasteiger charge is -2.25. The number of anilines is 1. The zero-order valence-electron chi connectivity index (χ0n) is 12.9. The molecular formula is C15H21NO5. The molecular weight excluding hydrogens is 274 g/mol. The first kappa shape index (κ1) is 15.3. The molecule has 0 saturated carbocycles. The van der Waals surface area contributed by atoms with Gasteiger partial charge in [0, 0.05) is 19.2 Å². The predicted molar refractivity (Wildman–Crippen MR) is 78.9 cm³/mol. The van der Waals surface area contributed by atoms with Gasteiger partial charge in [0.25, 0.3) is 0 Å². The van der Waals surface area contributed by atoms with E-state index in [-0.39, 0.29) is 0 Å². The molecule has 116 valence electrons. The monoisotopic (exact) mass is 295 g/mol. The smallest absolute Gasteiger partial charge is 0.340 e. The standard InChI is InChI=1S/C15H21NO5/c1-18-11-9-10(15(17)21-4)12(16-7-5-6-8-16)14(20-3)13(11)19-2/h9H,5-8H2,1-4H3. The minimum absolute atomic E-state index is 0.420. The lowest BCUT2D eigenvalue weighted by atomic mass is 10.1. The Balaban J connectivity index is 2.69. The van der Waals surface area contributed by atoms with Gasteiger partial charge in [0.2, 0.25) is 5.75 Å². The van der Waals surface area contributed by atoms with Crippen molar-refractivity contribution in [2.75, 3.05) is 46.4 Å². The van der Waals surface area contributed by atoms with Crippen LogP contribution in [-0.4, -0.2) is 47.5 Å².